The molecule has 4 N–H and O–H groups in total. The molecule has 0 radical (unpaired) electrons. The minimum Gasteiger partial charge on any atom is -0.343 e. The number of amides is 4. The van der Waals surface area contributed by atoms with Crippen molar-refractivity contribution < 1.29 is 19.2 Å². The Morgan fingerprint density at radius 3 is 2.38 bits per heavy atom. The van der Waals surface area contributed by atoms with Crippen molar-refractivity contribution in [2.24, 2.45) is 11.3 Å². The number of aromatic nitrogens is 1. The molecule has 50 heavy (non-hydrogen) atoms. The zero-order valence-electron chi connectivity index (χ0n) is 29.6. The summed E-state index contributed by atoms with van der Waals surface area (Å²) in [4.78, 5) is 61.7. The van der Waals surface area contributed by atoms with Gasteiger partial charge in [0.2, 0.25) is 23.6 Å². The van der Waals surface area contributed by atoms with Gasteiger partial charge in [0.15, 0.2) is 0 Å². The number of hydrogen-bond acceptors (Lipinski definition) is 7. The van der Waals surface area contributed by atoms with Gasteiger partial charge in [-0.2, -0.15) is 0 Å². The number of carbonyl (C=O) groups is 4. The van der Waals surface area contributed by atoms with E-state index in [-0.39, 0.29) is 43.1 Å². The number of benzene rings is 2. The maximum absolute atomic E-state index is 14.4. The lowest BCUT2D eigenvalue weighted by molar-refractivity contribution is -0.149. The minimum absolute atomic E-state index is 0.0905. The molecule has 266 valence electrons. The van der Waals surface area contributed by atoms with Crippen molar-refractivity contribution in [1.29, 1.82) is 0 Å². The maximum Gasteiger partial charge on any atom is 0.244 e. The molecule has 0 spiro atoms. The molecule has 3 aromatic rings. The molecule has 2 fully saturated rings. The number of likely N-dealkylation sites (tertiary alicyclic amines) is 1. The number of pyridine rings is 1. The highest BCUT2D eigenvalue weighted by molar-refractivity contribution is 5.96. The highest BCUT2D eigenvalue weighted by Crippen LogP contribution is 2.34. The van der Waals surface area contributed by atoms with Crippen molar-refractivity contribution in [1.82, 2.24) is 25.4 Å². The number of nitrogens with one attached hydrogen (secondary N) is 4. The molecule has 0 unspecified atom stereocenters. The SMILES string of the molecule is CCc1ccc(NC(=O)CN(Cc2ccccc2CNC)C(=O)C2(C)CCN(C(=O)C[C@H]3CCNC3)CC2)cc1CC(=O)Nc1ccccn1. The van der Waals surface area contributed by atoms with Gasteiger partial charge in [-0.05, 0) is 98.3 Å². The maximum atomic E-state index is 14.4. The van der Waals surface area contributed by atoms with Crippen LogP contribution in [0.5, 0.6) is 0 Å². The number of anilines is 2. The summed E-state index contributed by atoms with van der Waals surface area (Å²) in [5.41, 5.74) is 3.70. The third-order valence-electron chi connectivity index (χ3n) is 9.98. The predicted molar refractivity (Wildman–Crippen MR) is 195 cm³/mol. The quantitative estimate of drug-likeness (QED) is 0.201. The number of piperidine rings is 1. The molecule has 11 nitrogen and oxygen atoms in total. The van der Waals surface area contributed by atoms with Gasteiger partial charge < -0.3 is 31.1 Å². The Kier molecular flexibility index (Phi) is 12.7. The summed E-state index contributed by atoms with van der Waals surface area (Å²) >= 11 is 0. The van der Waals surface area contributed by atoms with Crippen LogP contribution in [0.2, 0.25) is 0 Å². The molecule has 2 aromatic carbocycles. The summed E-state index contributed by atoms with van der Waals surface area (Å²) in [7, 11) is 1.88. The first-order chi connectivity index (χ1) is 24.2. The van der Waals surface area contributed by atoms with E-state index in [0.29, 0.717) is 56.3 Å². The number of nitrogens with zero attached hydrogens (tertiary/aromatic N) is 3. The Balaban J connectivity index is 1.29. The Morgan fingerprint density at radius 1 is 0.940 bits per heavy atom. The summed E-state index contributed by atoms with van der Waals surface area (Å²) in [6.07, 6.45) is 5.13. The largest absolute Gasteiger partial charge is 0.343 e. The van der Waals surface area contributed by atoms with E-state index in [4.69, 9.17) is 0 Å². The van der Waals surface area contributed by atoms with E-state index >= 15 is 0 Å². The van der Waals surface area contributed by atoms with Crippen LogP contribution in [-0.2, 0) is 45.1 Å². The molecule has 1 aromatic heterocycles. The summed E-state index contributed by atoms with van der Waals surface area (Å²) in [5.74, 6) is 0.408. The van der Waals surface area contributed by atoms with E-state index in [1.54, 1.807) is 23.2 Å². The summed E-state index contributed by atoms with van der Waals surface area (Å²) in [5, 5.41) is 12.3. The third-order valence-corrected chi connectivity index (χ3v) is 9.98. The molecule has 2 aliphatic rings. The number of hydrogen-bond donors (Lipinski definition) is 4. The van der Waals surface area contributed by atoms with Gasteiger partial charge in [-0.25, -0.2) is 4.98 Å². The highest BCUT2D eigenvalue weighted by atomic mass is 16.2. The topological polar surface area (TPSA) is 136 Å². The van der Waals surface area contributed by atoms with Crippen LogP contribution in [0.3, 0.4) is 0 Å². The lowest BCUT2D eigenvalue weighted by atomic mass is 9.78. The van der Waals surface area contributed by atoms with Gasteiger partial charge in [0.05, 0.1) is 6.42 Å². The van der Waals surface area contributed by atoms with Crippen molar-refractivity contribution in [3.63, 3.8) is 0 Å². The van der Waals surface area contributed by atoms with E-state index in [0.717, 1.165) is 48.2 Å². The normalized spacial score (nSPS) is 16.9. The second kappa shape index (κ2) is 17.4. The molecule has 0 aliphatic carbocycles. The zero-order valence-corrected chi connectivity index (χ0v) is 29.6. The van der Waals surface area contributed by atoms with Crippen molar-refractivity contribution in [2.75, 3.05) is 50.4 Å². The third kappa shape index (κ3) is 9.76. The molecular weight excluding hydrogens is 630 g/mol. The van der Waals surface area contributed by atoms with Crippen LogP contribution >= 0.6 is 0 Å². The fourth-order valence-corrected chi connectivity index (χ4v) is 6.97. The molecular formula is C39H51N7O4. The van der Waals surface area contributed by atoms with Crippen molar-refractivity contribution in [2.45, 2.75) is 65.5 Å². The number of aryl methyl sites for hydroxylation is 1. The number of rotatable bonds is 14. The summed E-state index contributed by atoms with van der Waals surface area (Å²) < 4.78 is 0. The van der Waals surface area contributed by atoms with Gasteiger partial charge in [0.1, 0.15) is 12.4 Å². The Hall–Kier alpha value is -4.61. The monoisotopic (exact) mass is 681 g/mol. The first-order valence-corrected chi connectivity index (χ1v) is 17.8. The second-order valence-corrected chi connectivity index (χ2v) is 13.8. The van der Waals surface area contributed by atoms with Gasteiger partial charge in [-0.1, -0.05) is 50.2 Å². The lowest BCUT2D eigenvalue weighted by Crippen LogP contribution is -2.51. The van der Waals surface area contributed by atoms with E-state index in [2.05, 4.69) is 26.3 Å². The first-order valence-electron chi connectivity index (χ1n) is 17.8. The van der Waals surface area contributed by atoms with Crippen molar-refractivity contribution in [3.05, 3.63) is 89.1 Å². The van der Waals surface area contributed by atoms with E-state index in [1.165, 1.54) is 0 Å². The van der Waals surface area contributed by atoms with Gasteiger partial charge in [0, 0.05) is 49.9 Å². The zero-order chi connectivity index (χ0) is 35.5. The van der Waals surface area contributed by atoms with Crippen molar-refractivity contribution in [3.8, 4) is 0 Å². The molecule has 11 heteroatoms. The van der Waals surface area contributed by atoms with Gasteiger partial charge in [-0.3, -0.25) is 19.2 Å². The highest BCUT2D eigenvalue weighted by Gasteiger charge is 2.41. The number of carbonyl (C=O) groups excluding carboxylic acids is 4. The van der Waals surface area contributed by atoms with Gasteiger partial charge in [0.25, 0.3) is 0 Å². The fourth-order valence-electron chi connectivity index (χ4n) is 6.97. The fraction of sp³-hybridized carbons (Fsp3) is 0.462. The Bertz CT molecular complexity index is 1630. The van der Waals surface area contributed by atoms with E-state index in [9.17, 15) is 19.2 Å². The van der Waals surface area contributed by atoms with Crippen LogP contribution < -0.4 is 21.3 Å². The predicted octanol–water partition coefficient (Wildman–Crippen LogP) is 4.14. The average molecular weight is 682 g/mol. The van der Waals surface area contributed by atoms with Crippen LogP contribution in [0.15, 0.2) is 66.9 Å². The molecule has 0 saturated carbocycles. The first kappa shape index (κ1) is 36.7. The standard InChI is InChI=1S/C39H51N7O4/c1-4-29-12-13-33(22-32(29)23-35(47)44-34-11-7-8-17-42-34)43-36(48)27-46(26-31-10-6-5-9-30(31)25-40-3)38(50)39(2)15-19-45(20-16-39)37(49)21-28-14-18-41-24-28/h5-13,17,22,28,40-41H,4,14-16,18-21,23-27H2,1-3H3,(H,43,48)(H,42,44,47)/t28-/m1/s1. The molecule has 2 aliphatic heterocycles. The molecule has 3 heterocycles. The minimum atomic E-state index is -0.708. The molecule has 1 atom stereocenters. The van der Waals surface area contributed by atoms with Crippen LogP contribution in [0.4, 0.5) is 11.5 Å². The van der Waals surface area contributed by atoms with Crippen LogP contribution in [0, 0.1) is 11.3 Å². The van der Waals surface area contributed by atoms with Crippen LogP contribution in [-0.4, -0.2) is 78.2 Å². The molecule has 5 rings (SSSR count). The second-order valence-electron chi connectivity index (χ2n) is 13.8. The summed E-state index contributed by atoms with van der Waals surface area (Å²) in [6, 6.07) is 18.9. The Morgan fingerprint density at radius 2 is 1.70 bits per heavy atom. The van der Waals surface area contributed by atoms with Gasteiger partial charge >= 0.3 is 0 Å². The smallest absolute Gasteiger partial charge is 0.244 e. The van der Waals surface area contributed by atoms with E-state index < -0.39 is 5.41 Å². The van der Waals surface area contributed by atoms with Gasteiger partial charge in [-0.15, -0.1) is 0 Å². The van der Waals surface area contributed by atoms with Crippen molar-refractivity contribution >= 4 is 35.1 Å². The average Bonchev–Trinajstić information content (AvgIpc) is 3.62. The summed E-state index contributed by atoms with van der Waals surface area (Å²) in [6.45, 7) is 7.67. The molecule has 2 saturated heterocycles. The molecule has 4 amide bonds. The van der Waals surface area contributed by atoms with Crippen LogP contribution in [0.25, 0.3) is 0 Å². The lowest BCUT2D eigenvalue weighted by Gasteiger charge is -2.41. The van der Waals surface area contributed by atoms with E-state index in [1.807, 2.05) is 74.3 Å². The van der Waals surface area contributed by atoms with Crippen LogP contribution in [0.1, 0.15) is 61.8 Å². The Labute approximate surface area is 295 Å². The molecule has 0 bridgehead atoms.